The summed E-state index contributed by atoms with van der Waals surface area (Å²) in [4.78, 5) is 27.8. The first-order valence-corrected chi connectivity index (χ1v) is 6.96. The Morgan fingerprint density at radius 1 is 1.67 bits per heavy atom. The SMILES string of the molecule is [N-]=[N+]=NC1(CO)CC(CCS)[C@H](n2ccc(=O)[nH]c2=O)O1. The third kappa shape index (κ3) is 3.13. The smallest absolute Gasteiger partial charge is 0.330 e. The van der Waals surface area contributed by atoms with E-state index in [1.54, 1.807) is 0 Å². The molecular formula is C11H15N5O4S. The van der Waals surface area contributed by atoms with Crippen LogP contribution in [0.3, 0.4) is 0 Å². The van der Waals surface area contributed by atoms with E-state index in [0.717, 1.165) is 0 Å². The van der Waals surface area contributed by atoms with E-state index in [-0.39, 0.29) is 12.3 Å². The number of aromatic amines is 1. The van der Waals surface area contributed by atoms with Crippen molar-refractivity contribution in [3.8, 4) is 0 Å². The molecule has 2 N–H and O–H groups in total. The number of hydrogen-bond acceptors (Lipinski definition) is 6. The monoisotopic (exact) mass is 313 g/mol. The lowest BCUT2D eigenvalue weighted by Gasteiger charge is -2.22. The highest BCUT2D eigenvalue weighted by molar-refractivity contribution is 7.80. The Balaban J connectivity index is 2.42. The first-order chi connectivity index (χ1) is 10.0. The van der Waals surface area contributed by atoms with Gasteiger partial charge in [0.15, 0.2) is 5.72 Å². The Bertz CT molecular complexity index is 667. The van der Waals surface area contributed by atoms with Gasteiger partial charge in [0.1, 0.15) is 6.23 Å². The van der Waals surface area contributed by atoms with E-state index in [9.17, 15) is 14.7 Å². The average Bonchev–Trinajstić information content (AvgIpc) is 2.79. The van der Waals surface area contributed by atoms with E-state index in [2.05, 4.69) is 27.6 Å². The van der Waals surface area contributed by atoms with Crippen molar-refractivity contribution in [2.75, 3.05) is 12.4 Å². The maximum absolute atomic E-state index is 11.9. The average molecular weight is 313 g/mol. The van der Waals surface area contributed by atoms with Crippen LogP contribution in [-0.4, -0.2) is 32.7 Å². The van der Waals surface area contributed by atoms with Gasteiger partial charge in [-0.25, -0.2) is 4.79 Å². The minimum Gasteiger partial charge on any atom is -0.393 e. The van der Waals surface area contributed by atoms with Crippen LogP contribution in [0.4, 0.5) is 0 Å². The van der Waals surface area contributed by atoms with Gasteiger partial charge in [-0.3, -0.25) is 14.3 Å². The minimum absolute atomic E-state index is 0.177. The lowest BCUT2D eigenvalue weighted by atomic mass is 9.97. The number of ether oxygens (including phenoxy) is 1. The maximum atomic E-state index is 11.9. The highest BCUT2D eigenvalue weighted by Gasteiger charge is 2.46. The predicted octanol–water partition coefficient (Wildman–Crippen LogP) is 0.390. The van der Waals surface area contributed by atoms with E-state index in [1.165, 1.54) is 16.8 Å². The zero-order valence-corrected chi connectivity index (χ0v) is 11.9. The van der Waals surface area contributed by atoms with Crippen molar-refractivity contribution < 1.29 is 9.84 Å². The molecule has 3 atom stereocenters. The third-order valence-electron chi connectivity index (χ3n) is 3.42. The topological polar surface area (TPSA) is 133 Å². The largest absolute Gasteiger partial charge is 0.393 e. The number of thiol groups is 1. The first kappa shape index (κ1) is 15.6. The van der Waals surface area contributed by atoms with Gasteiger partial charge in [0, 0.05) is 23.1 Å². The van der Waals surface area contributed by atoms with Crippen LogP contribution in [0.1, 0.15) is 19.1 Å². The van der Waals surface area contributed by atoms with Crippen LogP contribution in [0.15, 0.2) is 27.0 Å². The van der Waals surface area contributed by atoms with Crippen molar-refractivity contribution in [2.24, 2.45) is 11.0 Å². The zero-order valence-electron chi connectivity index (χ0n) is 11.0. The van der Waals surface area contributed by atoms with Crippen molar-refractivity contribution in [1.82, 2.24) is 9.55 Å². The van der Waals surface area contributed by atoms with Crippen molar-refractivity contribution in [1.29, 1.82) is 0 Å². The van der Waals surface area contributed by atoms with Crippen molar-refractivity contribution >= 4 is 12.6 Å². The van der Waals surface area contributed by atoms with Gasteiger partial charge >= 0.3 is 5.69 Å². The Morgan fingerprint density at radius 2 is 2.43 bits per heavy atom. The van der Waals surface area contributed by atoms with E-state index in [4.69, 9.17) is 10.3 Å². The van der Waals surface area contributed by atoms with Crippen LogP contribution in [0.5, 0.6) is 0 Å². The summed E-state index contributed by atoms with van der Waals surface area (Å²) in [5.74, 6) is 0.365. The molecule has 1 saturated heterocycles. The number of rotatable bonds is 5. The molecule has 0 aromatic carbocycles. The number of aliphatic hydroxyl groups is 1. The molecular weight excluding hydrogens is 298 g/mol. The predicted molar refractivity (Wildman–Crippen MR) is 77.0 cm³/mol. The summed E-state index contributed by atoms with van der Waals surface area (Å²) in [6, 6.07) is 1.20. The van der Waals surface area contributed by atoms with Crippen LogP contribution in [-0.2, 0) is 4.74 Å². The molecule has 9 nitrogen and oxygen atoms in total. The molecule has 1 aliphatic heterocycles. The Morgan fingerprint density at radius 3 is 3.00 bits per heavy atom. The second-order valence-corrected chi connectivity index (χ2v) is 5.24. The van der Waals surface area contributed by atoms with E-state index in [1.807, 2.05) is 0 Å². The number of nitrogens with zero attached hydrogens (tertiary/aromatic N) is 4. The summed E-state index contributed by atoms with van der Waals surface area (Å²) in [5, 5.41) is 13.0. The van der Waals surface area contributed by atoms with Gasteiger partial charge < -0.3 is 9.84 Å². The standard InChI is InChI=1S/C11H15N5O4S/c12-15-14-11(6-17)5-7(2-4-21)9(20-11)16-3-1-8(18)13-10(16)19/h1,3,7,9,17,21H,2,4-6H2,(H,13,18,19)/t7?,9-,11?/m1/s1. The molecule has 0 amide bonds. The number of aliphatic hydroxyl groups excluding tert-OH is 1. The molecule has 1 aromatic rings. The van der Waals surface area contributed by atoms with Crippen molar-refractivity contribution in [3.63, 3.8) is 0 Å². The minimum atomic E-state index is -1.40. The molecule has 1 fully saturated rings. The molecule has 0 bridgehead atoms. The fourth-order valence-electron chi connectivity index (χ4n) is 2.48. The lowest BCUT2D eigenvalue weighted by molar-refractivity contribution is -0.100. The van der Waals surface area contributed by atoms with Gasteiger partial charge in [0.25, 0.3) is 5.56 Å². The van der Waals surface area contributed by atoms with Crippen LogP contribution in [0.2, 0.25) is 0 Å². The summed E-state index contributed by atoms with van der Waals surface area (Å²) >= 11 is 4.16. The van der Waals surface area contributed by atoms with Crippen molar-refractivity contribution in [2.45, 2.75) is 24.8 Å². The van der Waals surface area contributed by atoms with Gasteiger partial charge in [-0.05, 0) is 24.1 Å². The molecule has 0 spiro atoms. The Kier molecular flexibility index (Phi) is 4.73. The van der Waals surface area contributed by atoms with E-state index >= 15 is 0 Å². The summed E-state index contributed by atoms with van der Waals surface area (Å²) in [6.07, 6.45) is 1.45. The van der Waals surface area contributed by atoms with Crippen LogP contribution in [0, 0.1) is 5.92 Å². The maximum Gasteiger partial charge on any atom is 0.330 e. The molecule has 0 saturated carbocycles. The number of aromatic nitrogens is 2. The molecule has 1 aliphatic rings. The van der Waals surface area contributed by atoms with Gasteiger partial charge in [-0.1, -0.05) is 5.11 Å². The quantitative estimate of drug-likeness (QED) is 0.314. The third-order valence-corrected chi connectivity index (χ3v) is 3.68. The van der Waals surface area contributed by atoms with Crippen LogP contribution >= 0.6 is 12.6 Å². The number of nitrogens with one attached hydrogen (secondary N) is 1. The first-order valence-electron chi connectivity index (χ1n) is 6.32. The molecule has 10 heteroatoms. The molecule has 21 heavy (non-hydrogen) atoms. The fraction of sp³-hybridized carbons (Fsp3) is 0.636. The highest BCUT2D eigenvalue weighted by atomic mass is 32.1. The molecule has 114 valence electrons. The molecule has 2 heterocycles. The zero-order chi connectivity index (χ0) is 15.5. The fourth-order valence-corrected chi connectivity index (χ4v) is 2.81. The second kappa shape index (κ2) is 6.35. The molecule has 2 unspecified atom stereocenters. The van der Waals surface area contributed by atoms with Gasteiger partial charge in [-0.2, -0.15) is 12.6 Å². The highest BCUT2D eigenvalue weighted by Crippen LogP contribution is 2.43. The molecule has 2 rings (SSSR count). The second-order valence-electron chi connectivity index (χ2n) is 4.80. The summed E-state index contributed by atoms with van der Waals surface area (Å²) in [5.41, 5.74) is 6.09. The normalized spacial score (nSPS) is 28.3. The molecule has 0 radical (unpaired) electrons. The van der Waals surface area contributed by atoms with Crippen LogP contribution in [0.25, 0.3) is 10.4 Å². The van der Waals surface area contributed by atoms with Gasteiger partial charge in [0.2, 0.25) is 0 Å². The number of hydrogen-bond donors (Lipinski definition) is 3. The lowest BCUT2D eigenvalue weighted by Crippen LogP contribution is -2.35. The summed E-state index contributed by atoms with van der Waals surface area (Å²) in [6.45, 7) is -0.491. The molecule has 1 aromatic heterocycles. The van der Waals surface area contributed by atoms with Gasteiger partial charge in [0.05, 0.1) is 6.61 Å². The summed E-state index contributed by atoms with van der Waals surface area (Å²) < 4.78 is 6.87. The van der Waals surface area contributed by atoms with Crippen LogP contribution < -0.4 is 11.2 Å². The number of H-pyrrole nitrogens is 1. The van der Waals surface area contributed by atoms with E-state index < -0.39 is 29.8 Å². The van der Waals surface area contributed by atoms with Crippen molar-refractivity contribution in [3.05, 3.63) is 43.5 Å². The van der Waals surface area contributed by atoms with E-state index in [0.29, 0.717) is 12.2 Å². The number of azide groups is 1. The van der Waals surface area contributed by atoms with Gasteiger partial charge in [-0.15, -0.1) is 0 Å². The summed E-state index contributed by atoms with van der Waals surface area (Å²) in [7, 11) is 0. The Labute approximate surface area is 124 Å². The molecule has 0 aliphatic carbocycles. The Hall–Kier alpha value is -1.74.